The van der Waals surface area contributed by atoms with Crippen molar-refractivity contribution in [3.05, 3.63) is 30.1 Å². The number of anilines is 1. The number of hydrogen-bond donors (Lipinski definition) is 2. The summed E-state index contributed by atoms with van der Waals surface area (Å²) in [5.74, 6) is 1.35. The van der Waals surface area contributed by atoms with Gasteiger partial charge in [0.2, 0.25) is 0 Å². The van der Waals surface area contributed by atoms with Crippen LogP contribution in [-0.4, -0.2) is 89.6 Å². The Morgan fingerprint density at radius 1 is 1.12 bits per heavy atom. The molecule has 8 heteroatoms. The standard InChI is InChI=1S/C24H40FN5O2/c1-2-26-24(27-10-3-17-32-20-21-8-18-31-19-9-21)28-11-12-29-13-15-30(16-14-29)23-6-4-22(25)5-7-23/h4-7,21H,2-3,8-20H2,1H3,(H2,26,27,28). The topological polar surface area (TPSA) is 61.4 Å². The maximum atomic E-state index is 13.1. The fraction of sp³-hybridized carbons (Fsp3) is 0.708. The van der Waals surface area contributed by atoms with Crippen LogP contribution in [0.15, 0.2) is 29.3 Å². The molecule has 0 atom stereocenters. The molecule has 180 valence electrons. The van der Waals surface area contributed by atoms with Crippen molar-refractivity contribution < 1.29 is 13.9 Å². The molecule has 3 rings (SSSR count). The quantitative estimate of drug-likeness (QED) is 0.307. The second-order valence-electron chi connectivity index (χ2n) is 8.48. The number of ether oxygens (including phenoxy) is 2. The molecular formula is C24H40FN5O2. The summed E-state index contributed by atoms with van der Waals surface area (Å²) in [4.78, 5) is 9.45. The Kier molecular flexibility index (Phi) is 11.0. The molecule has 2 fully saturated rings. The lowest BCUT2D eigenvalue weighted by Gasteiger charge is -2.36. The fourth-order valence-electron chi connectivity index (χ4n) is 4.08. The van der Waals surface area contributed by atoms with Gasteiger partial charge in [-0.3, -0.25) is 9.89 Å². The van der Waals surface area contributed by atoms with Crippen molar-refractivity contribution >= 4 is 11.6 Å². The molecular weight excluding hydrogens is 409 g/mol. The van der Waals surface area contributed by atoms with Gasteiger partial charge in [-0.15, -0.1) is 0 Å². The Bertz CT molecular complexity index is 659. The zero-order chi connectivity index (χ0) is 22.4. The molecule has 0 aliphatic carbocycles. The summed E-state index contributed by atoms with van der Waals surface area (Å²) in [6, 6.07) is 6.79. The van der Waals surface area contributed by atoms with Crippen LogP contribution >= 0.6 is 0 Å². The first-order chi connectivity index (χ1) is 15.7. The number of rotatable bonds is 11. The molecule has 0 unspecified atom stereocenters. The van der Waals surface area contributed by atoms with Crippen LogP contribution in [0.3, 0.4) is 0 Å². The molecule has 0 spiro atoms. The summed E-state index contributed by atoms with van der Waals surface area (Å²) in [5, 5.41) is 6.77. The average Bonchev–Trinajstić information content (AvgIpc) is 2.83. The molecule has 1 aromatic carbocycles. The van der Waals surface area contributed by atoms with Crippen LogP contribution in [0, 0.1) is 11.7 Å². The van der Waals surface area contributed by atoms with Gasteiger partial charge in [-0.2, -0.15) is 0 Å². The third-order valence-electron chi connectivity index (χ3n) is 6.04. The van der Waals surface area contributed by atoms with Crippen molar-refractivity contribution in [2.45, 2.75) is 26.2 Å². The molecule has 2 aliphatic heterocycles. The summed E-state index contributed by atoms with van der Waals surface area (Å²) in [5.41, 5.74) is 1.10. The second-order valence-corrected chi connectivity index (χ2v) is 8.48. The normalized spacial score (nSPS) is 18.7. The minimum Gasteiger partial charge on any atom is -0.381 e. The number of benzene rings is 1. The SMILES string of the molecule is CCNC(=NCCCOCC1CCOCC1)NCCN1CCN(c2ccc(F)cc2)CC1. The molecule has 2 heterocycles. The van der Waals surface area contributed by atoms with E-state index >= 15 is 0 Å². The van der Waals surface area contributed by atoms with Crippen LogP contribution in [0.1, 0.15) is 26.2 Å². The van der Waals surface area contributed by atoms with Crippen molar-refractivity contribution in [1.29, 1.82) is 0 Å². The first kappa shape index (κ1) is 24.7. The van der Waals surface area contributed by atoms with E-state index in [-0.39, 0.29) is 5.82 Å². The fourth-order valence-corrected chi connectivity index (χ4v) is 4.08. The lowest BCUT2D eigenvalue weighted by Crippen LogP contribution is -2.49. The maximum absolute atomic E-state index is 13.1. The lowest BCUT2D eigenvalue weighted by atomic mass is 10.0. The predicted molar refractivity (Wildman–Crippen MR) is 128 cm³/mol. The monoisotopic (exact) mass is 449 g/mol. The second kappa shape index (κ2) is 14.3. The zero-order valence-corrected chi connectivity index (χ0v) is 19.5. The van der Waals surface area contributed by atoms with E-state index in [2.05, 4.69) is 32.3 Å². The molecule has 2 aliphatic rings. The van der Waals surface area contributed by atoms with Crippen LogP contribution in [0.5, 0.6) is 0 Å². The van der Waals surface area contributed by atoms with E-state index in [1.54, 1.807) is 0 Å². The molecule has 2 N–H and O–H groups in total. The molecule has 1 aromatic rings. The predicted octanol–water partition coefficient (Wildman–Crippen LogP) is 2.34. The van der Waals surface area contributed by atoms with Crippen molar-refractivity contribution in [1.82, 2.24) is 15.5 Å². The van der Waals surface area contributed by atoms with Gasteiger partial charge in [-0.25, -0.2) is 4.39 Å². The third-order valence-corrected chi connectivity index (χ3v) is 6.04. The summed E-state index contributed by atoms with van der Waals surface area (Å²) in [6.45, 7) is 12.9. The van der Waals surface area contributed by atoms with Crippen molar-refractivity contribution in [3.8, 4) is 0 Å². The first-order valence-electron chi connectivity index (χ1n) is 12.1. The summed E-state index contributed by atoms with van der Waals surface area (Å²) in [6.07, 6.45) is 3.17. The lowest BCUT2D eigenvalue weighted by molar-refractivity contribution is 0.0205. The number of nitrogens with one attached hydrogen (secondary N) is 2. The molecule has 32 heavy (non-hydrogen) atoms. The number of piperazine rings is 1. The minimum absolute atomic E-state index is 0.181. The Labute approximate surface area is 192 Å². The van der Waals surface area contributed by atoms with E-state index < -0.39 is 0 Å². The van der Waals surface area contributed by atoms with Gasteiger partial charge in [0.05, 0.1) is 0 Å². The number of aliphatic imine (C=N–C) groups is 1. The van der Waals surface area contributed by atoms with Crippen LogP contribution < -0.4 is 15.5 Å². The molecule has 0 saturated carbocycles. The van der Waals surface area contributed by atoms with Crippen LogP contribution in [0.25, 0.3) is 0 Å². The van der Waals surface area contributed by atoms with Gasteiger partial charge in [0.15, 0.2) is 5.96 Å². The van der Waals surface area contributed by atoms with Crippen LogP contribution in [-0.2, 0) is 9.47 Å². The molecule has 0 radical (unpaired) electrons. The molecule has 0 bridgehead atoms. The van der Waals surface area contributed by atoms with E-state index in [9.17, 15) is 4.39 Å². The number of guanidine groups is 1. The van der Waals surface area contributed by atoms with Crippen molar-refractivity contribution in [2.75, 3.05) is 83.7 Å². The Hall–Kier alpha value is -1.90. The number of hydrogen-bond acceptors (Lipinski definition) is 5. The summed E-state index contributed by atoms with van der Waals surface area (Å²) in [7, 11) is 0. The molecule has 7 nitrogen and oxygen atoms in total. The maximum Gasteiger partial charge on any atom is 0.191 e. The highest BCUT2D eigenvalue weighted by Gasteiger charge is 2.17. The average molecular weight is 450 g/mol. The summed E-state index contributed by atoms with van der Waals surface area (Å²) < 4.78 is 24.3. The smallest absolute Gasteiger partial charge is 0.191 e. The Morgan fingerprint density at radius 3 is 2.59 bits per heavy atom. The van der Waals surface area contributed by atoms with E-state index in [0.717, 1.165) is 110 Å². The van der Waals surface area contributed by atoms with E-state index in [4.69, 9.17) is 9.47 Å². The van der Waals surface area contributed by atoms with Crippen LogP contribution in [0.2, 0.25) is 0 Å². The van der Waals surface area contributed by atoms with Crippen molar-refractivity contribution in [3.63, 3.8) is 0 Å². The van der Waals surface area contributed by atoms with Gasteiger partial charge < -0.3 is 25.0 Å². The van der Waals surface area contributed by atoms with Crippen molar-refractivity contribution in [2.24, 2.45) is 10.9 Å². The largest absolute Gasteiger partial charge is 0.381 e. The van der Waals surface area contributed by atoms with Gasteiger partial charge in [-0.1, -0.05) is 0 Å². The number of halogens is 1. The highest BCUT2D eigenvalue weighted by Crippen LogP contribution is 2.17. The van der Waals surface area contributed by atoms with Gasteiger partial charge >= 0.3 is 0 Å². The van der Waals surface area contributed by atoms with Gasteiger partial charge in [0.25, 0.3) is 0 Å². The van der Waals surface area contributed by atoms with Gasteiger partial charge in [0, 0.05) is 84.5 Å². The third kappa shape index (κ3) is 8.92. The van der Waals surface area contributed by atoms with E-state index in [0.29, 0.717) is 5.92 Å². The first-order valence-corrected chi connectivity index (χ1v) is 12.1. The highest BCUT2D eigenvalue weighted by molar-refractivity contribution is 5.79. The molecule has 0 amide bonds. The Morgan fingerprint density at radius 2 is 1.88 bits per heavy atom. The minimum atomic E-state index is -0.181. The van der Waals surface area contributed by atoms with Crippen LogP contribution in [0.4, 0.5) is 10.1 Å². The van der Waals surface area contributed by atoms with Gasteiger partial charge in [0.1, 0.15) is 5.82 Å². The van der Waals surface area contributed by atoms with E-state index in [1.807, 2.05) is 12.1 Å². The van der Waals surface area contributed by atoms with Gasteiger partial charge in [-0.05, 0) is 56.4 Å². The number of nitrogens with zero attached hydrogens (tertiary/aromatic N) is 3. The zero-order valence-electron chi connectivity index (χ0n) is 19.5. The molecule has 2 saturated heterocycles. The highest BCUT2D eigenvalue weighted by atomic mass is 19.1. The Balaban J connectivity index is 1.26. The molecule has 0 aromatic heterocycles. The van der Waals surface area contributed by atoms with E-state index in [1.165, 1.54) is 12.1 Å². The summed E-state index contributed by atoms with van der Waals surface area (Å²) >= 11 is 0.